The van der Waals surface area contributed by atoms with Crippen LogP contribution in [-0.2, 0) is 26.3 Å². The van der Waals surface area contributed by atoms with Gasteiger partial charge in [-0.2, -0.15) is 0 Å². The Balaban J connectivity index is 1.55. The number of carbonyl (C=O) groups excluding carboxylic acids is 4. The van der Waals surface area contributed by atoms with Crippen molar-refractivity contribution in [2.45, 2.75) is 25.8 Å². The molecular weight excluding hydrogens is 530 g/mol. The van der Waals surface area contributed by atoms with Gasteiger partial charge in [-0.3, -0.25) is 14.4 Å². The molecule has 10 heteroatoms. The van der Waals surface area contributed by atoms with Crippen LogP contribution in [0.2, 0.25) is 0 Å². The second-order valence-electron chi connectivity index (χ2n) is 9.67. The zero-order chi connectivity index (χ0) is 29.6. The standard InChI is InChI=1S/C31H25NO9/c1-5-24(36)40-18-10-16-8-6-7-9-19(16)17(11-18)14-32-30(38)26-22(39-4)12-21(35)27-28(26)41-23-13-20(34)25(15(2)33)29(37)31(23,27)3/h5-13,34-35H,1,14H2,2-4H3,(H,32,38)/t31-/m1/s1. The number of nitrogens with one attached hydrogen (secondary N) is 1. The SMILES string of the molecule is C=CC(=O)Oc1cc(CNC(=O)c2c(OC)cc(O)c3c2OC2=CC(O)=C(C(C)=O)C(=O)[C@]23C)c2ccccc2c1. The van der Waals surface area contributed by atoms with Crippen molar-refractivity contribution < 1.29 is 43.6 Å². The van der Waals surface area contributed by atoms with Crippen LogP contribution in [-0.4, -0.2) is 40.8 Å². The number of carbonyl (C=O) groups is 4. The maximum Gasteiger partial charge on any atom is 0.335 e. The van der Waals surface area contributed by atoms with E-state index >= 15 is 0 Å². The predicted molar refractivity (Wildman–Crippen MR) is 147 cm³/mol. The van der Waals surface area contributed by atoms with Crippen molar-refractivity contribution in [2.75, 3.05) is 7.11 Å². The van der Waals surface area contributed by atoms with E-state index in [0.29, 0.717) is 5.56 Å². The van der Waals surface area contributed by atoms with Crippen LogP contribution in [0.15, 0.2) is 78.3 Å². The number of aliphatic hydroxyl groups excluding tert-OH is 1. The molecule has 0 fully saturated rings. The first-order valence-electron chi connectivity index (χ1n) is 12.5. The summed E-state index contributed by atoms with van der Waals surface area (Å²) < 4.78 is 16.6. The minimum atomic E-state index is -1.67. The molecule has 41 heavy (non-hydrogen) atoms. The summed E-state index contributed by atoms with van der Waals surface area (Å²) >= 11 is 0. The van der Waals surface area contributed by atoms with Gasteiger partial charge in [0, 0.05) is 24.8 Å². The number of ketones is 2. The molecule has 5 rings (SSSR count). The number of methoxy groups -OCH3 is 1. The maximum atomic E-state index is 13.7. The number of phenols is 1. The number of esters is 1. The molecule has 1 amide bonds. The van der Waals surface area contributed by atoms with Gasteiger partial charge in [-0.15, -0.1) is 0 Å². The number of Topliss-reactive ketones (excluding diaryl/α,β-unsaturated/α-hetero) is 2. The average Bonchev–Trinajstić information content (AvgIpc) is 3.24. The minimum absolute atomic E-state index is 0.00659. The summed E-state index contributed by atoms with van der Waals surface area (Å²) in [6, 6.07) is 11.8. The van der Waals surface area contributed by atoms with E-state index in [2.05, 4.69) is 11.9 Å². The summed E-state index contributed by atoms with van der Waals surface area (Å²) in [5.74, 6) is -3.64. The fourth-order valence-electron chi connectivity index (χ4n) is 5.21. The Morgan fingerprint density at radius 1 is 1.15 bits per heavy atom. The van der Waals surface area contributed by atoms with E-state index in [1.165, 1.54) is 20.1 Å². The maximum absolute atomic E-state index is 13.7. The second-order valence-corrected chi connectivity index (χ2v) is 9.67. The number of aliphatic hydroxyl groups is 1. The van der Waals surface area contributed by atoms with Crippen molar-refractivity contribution in [1.29, 1.82) is 0 Å². The zero-order valence-corrected chi connectivity index (χ0v) is 22.4. The third-order valence-electron chi connectivity index (χ3n) is 7.18. The van der Waals surface area contributed by atoms with Crippen molar-refractivity contribution in [2.24, 2.45) is 0 Å². The van der Waals surface area contributed by atoms with Crippen LogP contribution in [0.1, 0.15) is 35.3 Å². The fraction of sp³-hybridized carbons (Fsp3) is 0.161. The molecule has 1 aliphatic heterocycles. The zero-order valence-electron chi connectivity index (χ0n) is 22.4. The molecule has 1 atom stereocenters. The Bertz CT molecular complexity index is 1760. The molecule has 2 aliphatic rings. The number of ether oxygens (including phenoxy) is 3. The molecule has 3 aromatic rings. The normalized spacial score (nSPS) is 17.2. The molecule has 208 valence electrons. The Labute approximate surface area is 234 Å². The Morgan fingerprint density at radius 3 is 2.56 bits per heavy atom. The number of fused-ring (bicyclic) bond motifs is 4. The number of aromatic hydroxyl groups is 1. The number of hydrogen-bond donors (Lipinski definition) is 3. The molecule has 0 saturated heterocycles. The van der Waals surface area contributed by atoms with Crippen LogP contribution in [0, 0.1) is 0 Å². The molecule has 0 unspecified atom stereocenters. The highest BCUT2D eigenvalue weighted by Gasteiger charge is 2.55. The Kier molecular flexibility index (Phi) is 6.62. The lowest BCUT2D eigenvalue weighted by molar-refractivity contribution is -0.129. The molecule has 1 heterocycles. The number of rotatable bonds is 7. The largest absolute Gasteiger partial charge is 0.507 e. The Morgan fingerprint density at radius 2 is 1.88 bits per heavy atom. The van der Waals surface area contributed by atoms with Crippen LogP contribution in [0.25, 0.3) is 10.8 Å². The van der Waals surface area contributed by atoms with Gasteiger partial charge in [-0.05, 0) is 42.3 Å². The second kappa shape index (κ2) is 9.98. The van der Waals surface area contributed by atoms with Crippen molar-refractivity contribution in [3.8, 4) is 23.0 Å². The van der Waals surface area contributed by atoms with Gasteiger partial charge >= 0.3 is 5.97 Å². The number of benzene rings is 3. The van der Waals surface area contributed by atoms with Crippen molar-refractivity contribution in [1.82, 2.24) is 5.32 Å². The van der Waals surface area contributed by atoms with Crippen molar-refractivity contribution in [3.63, 3.8) is 0 Å². The van der Waals surface area contributed by atoms with E-state index < -0.39 is 40.2 Å². The molecule has 3 aromatic carbocycles. The van der Waals surface area contributed by atoms with Crippen LogP contribution in [0.5, 0.6) is 23.0 Å². The van der Waals surface area contributed by atoms with Gasteiger partial charge in [-0.25, -0.2) is 4.79 Å². The summed E-state index contributed by atoms with van der Waals surface area (Å²) in [6.45, 7) is 5.99. The van der Waals surface area contributed by atoms with E-state index in [4.69, 9.17) is 14.2 Å². The molecule has 0 saturated carbocycles. The lowest BCUT2D eigenvalue weighted by Gasteiger charge is -2.27. The van der Waals surface area contributed by atoms with Gasteiger partial charge in [0.25, 0.3) is 5.91 Å². The number of phenolic OH excluding ortho intramolecular Hbond substituents is 1. The number of hydrogen-bond acceptors (Lipinski definition) is 9. The third-order valence-corrected chi connectivity index (χ3v) is 7.18. The van der Waals surface area contributed by atoms with Crippen LogP contribution >= 0.6 is 0 Å². The van der Waals surface area contributed by atoms with Gasteiger partial charge in [0.2, 0.25) is 0 Å². The summed E-state index contributed by atoms with van der Waals surface area (Å²) in [5.41, 5.74) is -1.61. The first-order chi connectivity index (χ1) is 19.5. The first kappa shape index (κ1) is 27.2. The topological polar surface area (TPSA) is 148 Å². The summed E-state index contributed by atoms with van der Waals surface area (Å²) in [4.78, 5) is 51.1. The summed E-state index contributed by atoms with van der Waals surface area (Å²) in [7, 11) is 1.30. The van der Waals surface area contributed by atoms with E-state index in [-0.39, 0.29) is 46.4 Å². The summed E-state index contributed by atoms with van der Waals surface area (Å²) in [5, 5.41) is 25.7. The summed E-state index contributed by atoms with van der Waals surface area (Å²) in [6.07, 6.45) is 2.18. The minimum Gasteiger partial charge on any atom is -0.507 e. The van der Waals surface area contributed by atoms with Gasteiger partial charge < -0.3 is 29.7 Å². The molecular formula is C31H25NO9. The van der Waals surface area contributed by atoms with Gasteiger partial charge in [0.05, 0.1) is 12.7 Å². The van der Waals surface area contributed by atoms with Crippen LogP contribution in [0.4, 0.5) is 0 Å². The van der Waals surface area contributed by atoms with E-state index in [1.807, 2.05) is 24.3 Å². The molecule has 10 nitrogen and oxygen atoms in total. The average molecular weight is 556 g/mol. The Hall–Kier alpha value is -5.38. The molecule has 0 bridgehead atoms. The van der Waals surface area contributed by atoms with Gasteiger partial charge in [-0.1, -0.05) is 30.8 Å². The smallest absolute Gasteiger partial charge is 0.335 e. The van der Waals surface area contributed by atoms with Crippen molar-refractivity contribution in [3.05, 3.63) is 95.0 Å². The quantitative estimate of drug-likeness (QED) is 0.170. The molecule has 0 aromatic heterocycles. The van der Waals surface area contributed by atoms with Crippen LogP contribution < -0.4 is 19.5 Å². The molecule has 0 radical (unpaired) electrons. The third kappa shape index (κ3) is 4.29. The highest BCUT2D eigenvalue weighted by molar-refractivity contribution is 6.25. The molecule has 1 aliphatic carbocycles. The molecule has 3 N–H and O–H groups in total. The highest BCUT2D eigenvalue weighted by Crippen LogP contribution is 2.56. The van der Waals surface area contributed by atoms with E-state index in [0.717, 1.165) is 29.8 Å². The fourth-order valence-corrected chi connectivity index (χ4v) is 5.21. The van der Waals surface area contributed by atoms with Crippen molar-refractivity contribution >= 4 is 34.2 Å². The van der Waals surface area contributed by atoms with Gasteiger partial charge in [0.1, 0.15) is 45.3 Å². The van der Waals surface area contributed by atoms with E-state index in [9.17, 15) is 29.4 Å². The van der Waals surface area contributed by atoms with Crippen LogP contribution in [0.3, 0.4) is 0 Å². The lowest BCUT2D eigenvalue weighted by atomic mass is 9.71. The molecule has 0 spiro atoms. The highest BCUT2D eigenvalue weighted by atomic mass is 16.5. The first-order valence-corrected chi connectivity index (χ1v) is 12.5. The number of allylic oxidation sites excluding steroid dienone is 3. The number of amides is 1. The van der Waals surface area contributed by atoms with E-state index in [1.54, 1.807) is 12.1 Å². The monoisotopic (exact) mass is 555 g/mol. The predicted octanol–water partition coefficient (Wildman–Crippen LogP) is 4.09. The van der Waals surface area contributed by atoms with Gasteiger partial charge in [0.15, 0.2) is 17.3 Å². The lowest BCUT2D eigenvalue weighted by Crippen LogP contribution is -2.38.